The number of hydrogen-bond donors (Lipinski definition) is 0. The minimum absolute atomic E-state index is 0.795. The summed E-state index contributed by atoms with van der Waals surface area (Å²) in [4.78, 5) is 2.58. The van der Waals surface area contributed by atoms with E-state index in [1.54, 1.807) is 0 Å². The molecule has 0 aromatic rings. The predicted molar refractivity (Wildman–Crippen MR) is 52.8 cm³/mol. The molecule has 1 unspecified atom stereocenters. The first-order chi connectivity index (χ1) is 5.42. The SMILES string of the molecule is CC(C)CN1CC(C)[N+](C)(C)C1. The Morgan fingerprint density at radius 3 is 2.33 bits per heavy atom. The van der Waals surface area contributed by atoms with Crippen LogP contribution in [-0.4, -0.2) is 49.3 Å². The lowest BCUT2D eigenvalue weighted by atomic mass is 10.2. The smallest absolute Gasteiger partial charge is 0.135 e. The van der Waals surface area contributed by atoms with Crippen molar-refractivity contribution in [1.29, 1.82) is 0 Å². The summed E-state index contributed by atoms with van der Waals surface area (Å²) in [5, 5.41) is 0. The Morgan fingerprint density at radius 1 is 1.42 bits per heavy atom. The maximum Gasteiger partial charge on any atom is 0.135 e. The fourth-order valence-corrected chi connectivity index (χ4v) is 1.96. The molecule has 1 atom stereocenters. The Bertz CT molecular complexity index is 152. The van der Waals surface area contributed by atoms with E-state index < -0.39 is 0 Å². The van der Waals surface area contributed by atoms with E-state index in [1.165, 1.54) is 19.8 Å². The molecule has 1 rings (SSSR count). The van der Waals surface area contributed by atoms with Crippen LogP contribution in [0.5, 0.6) is 0 Å². The molecule has 1 aliphatic rings. The van der Waals surface area contributed by atoms with Gasteiger partial charge in [-0.2, -0.15) is 0 Å². The van der Waals surface area contributed by atoms with Crippen LogP contribution >= 0.6 is 0 Å². The lowest BCUT2D eigenvalue weighted by Crippen LogP contribution is -2.43. The maximum atomic E-state index is 2.58. The van der Waals surface area contributed by atoms with Crippen molar-refractivity contribution in [2.24, 2.45) is 5.92 Å². The van der Waals surface area contributed by atoms with Gasteiger partial charge in [0.2, 0.25) is 0 Å². The van der Waals surface area contributed by atoms with E-state index in [1.807, 2.05) is 0 Å². The standard InChI is InChI=1S/C10H23N2/c1-9(2)6-11-7-10(3)12(4,5)8-11/h9-10H,6-8H2,1-5H3/q+1. The highest BCUT2D eigenvalue weighted by Gasteiger charge is 2.35. The third kappa shape index (κ3) is 2.20. The molecule has 0 saturated carbocycles. The molecule has 0 N–H and O–H groups in total. The molecule has 1 aliphatic heterocycles. The summed E-state index contributed by atoms with van der Waals surface area (Å²) in [6.07, 6.45) is 0. The zero-order chi connectivity index (χ0) is 9.35. The van der Waals surface area contributed by atoms with Crippen molar-refractivity contribution < 1.29 is 4.48 Å². The number of likely N-dealkylation sites (N-methyl/N-ethyl adjacent to an activating group) is 1. The van der Waals surface area contributed by atoms with Crippen molar-refractivity contribution >= 4 is 0 Å². The van der Waals surface area contributed by atoms with Gasteiger partial charge in [0.05, 0.1) is 26.7 Å². The molecule has 0 aromatic heterocycles. The monoisotopic (exact) mass is 171 g/mol. The average Bonchev–Trinajstić information content (AvgIpc) is 2.04. The molecule has 0 radical (unpaired) electrons. The first-order valence-corrected chi connectivity index (χ1v) is 4.97. The van der Waals surface area contributed by atoms with Crippen LogP contribution in [0.15, 0.2) is 0 Å². The van der Waals surface area contributed by atoms with Gasteiger partial charge in [-0.25, -0.2) is 0 Å². The fourth-order valence-electron chi connectivity index (χ4n) is 1.96. The van der Waals surface area contributed by atoms with E-state index in [4.69, 9.17) is 0 Å². The van der Waals surface area contributed by atoms with Crippen LogP contribution in [0.4, 0.5) is 0 Å². The highest BCUT2D eigenvalue weighted by atomic mass is 15.5. The minimum Gasteiger partial charge on any atom is -0.313 e. The quantitative estimate of drug-likeness (QED) is 0.567. The van der Waals surface area contributed by atoms with Gasteiger partial charge in [0.15, 0.2) is 0 Å². The zero-order valence-electron chi connectivity index (χ0n) is 9.17. The minimum atomic E-state index is 0.795. The van der Waals surface area contributed by atoms with Crippen molar-refractivity contribution in [3.63, 3.8) is 0 Å². The normalized spacial score (nSPS) is 30.0. The highest BCUT2D eigenvalue weighted by molar-refractivity contribution is 4.68. The maximum absolute atomic E-state index is 2.58. The lowest BCUT2D eigenvalue weighted by molar-refractivity contribution is -0.903. The molecule has 1 fully saturated rings. The largest absolute Gasteiger partial charge is 0.313 e. The summed E-state index contributed by atoms with van der Waals surface area (Å²) < 4.78 is 1.16. The molecule has 0 bridgehead atoms. The third-order valence-electron chi connectivity index (χ3n) is 2.90. The van der Waals surface area contributed by atoms with E-state index in [9.17, 15) is 0 Å². The van der Waals surface area contributed by atoms with Crippen molar-refractivity contribution in [1.82, 2.24) is 4.90 Å². The van der Waals surface area contributed by atoms with E-state index in [0.29, 0.717) is 0 Å². The van der Waals surface area contributed by atoms with Gasteiger partial charge in [0.25, 0.3) is 0 Å². The van der Waals surface area contributed by atoms with Gasteiger partial charge in [0, 0.05) is 6.54 Å². The van der Waals surface area contributed by atoms with Gasteiger partial charge >= 0.3 is 0 Å². The van der Waals surface area contributed by atoms with Crippen LogP contribution in [-0.2, 0) is 0 Å². The molecular formula is C10H23N2+. The second-order valence-corrected chi connectivity index (χ2v) is 5.20. The summed E-state index contributed by atoms with van der Waals surface area (Å²) in [6.45, 7) is 10.7. The Balaban J connectivity index is 2.44. The van der Waals surface area contributed by atoms with E-state index in [2.05, 4.69) is 39.8 Å². The summed E-state index contributed by atoms with van der Waals surface area (Å²) in [6, 6.07) is 0.795. The summed E-state index contributed by atoms with van der Waals surface area (Å²) >= 11 is 0. The van der Waals surface area contributed by atoms with E-state index >= 15 is 0 Å². The molecule has 2 heteroatoms. The first-order valence-electron chi connectivity index (χ1n) is 4.97. The summed E-state index contributed by atoms with van der Waals surface area (Å²) in [5.74, 6) is 0.801. The van der Waals surface area contributed by atoms with Gasteiger partial charge < -0.3 is 4.48 Å². The average molecular weight is 171 g/mol. The van der Waals surface area contributed by atoms with Crippen LogP contribution in [0.1, 0.15) is 20.8 Å². The van der Waals surface area contributed by atoms with Crippen LogP contribution < -0.4 is 0 Å². The number of hydrogen-bond acceptors (Lipinski definition) is 1. The fraction of sp³-hybridized carbons (Fsp3) is 1.00. The Hall–Kier alpha value is -0.0800. The molecule has 0 aliphatic carbocycles. The van der Waals surface area contributed by atoms with Gasteiger partial charge in [-0.15, -0.1) is 0 Å². The second kappa shape index (κ2) is 3.35. The highest BCUT2D eigenvalue weighted by Crippen LogP contribution is 2.18. The van der Waals surface area contributed by atoms with Crippen LogP contribution in [0.25, 0.3) is 0 Å². The Morgan fingerprint density at radius 2 is 2.00 bits per heavy atom. The molecular weight excluding hydrogens is 148 g/mol. The van der Waals surface area contributed by atoms with Crippen molar-refractivity contribution in [2.45, 2.75) is 26.8 Å². The molecule has 0 spiro atoms. The summed E-state index contributed by atoms with van der Waals surface area (Å²) in [5.41, 5.74) is 0. The van der Waals surface area contributed by atoms with Crippen molar-refractivity contribution in [2.75, 3.05) is 33.9 Å². The zero-order valence-corrected chi connectivity index (χ0v) is 9.17. The number of nitrogens with zero attached hydrogens (tertiary/aromatic N) is 2. The molecule has 1 saturated heterocycles. The molecule has 2 nitrogen and oxygen atoms in total. The van der Waals surface area contributed by atoms with Crippen LogP contribution in [0.2, 0.25) is 0 Å². The molecule has 12 heavy (non-hydrogen) atoms. The van der Waals surface area contributed by atoms with Crippen LogP contribution in [0, 0.1) is 5.92 Å². The van der Waals surface area contributed by atoms with E-state index in [0.717, 1.165) is 16.4 Å². The molecule has 72 valence electrons. The van der Waals surface area contributed by atoms with Gasteiger partial charge in [-0.1, -0.05) is 13.8 Å². The Labute approximate surface area is 76.7 Å². The number of rotatable bonds is 2. The summed E-state index contributed by atoms with van der Waals surface area (Å²) in [7, 11) is 4.65. The lowest BCUT2D eigenvalue weighted by Gasteiger charge is -2.28. The molecule has 1 heterocycles. The second-order valence-electron chi connectivity index (χ2n) is 5.20. The van der Waals surface area contributed by atoms with Crippen molar-refractivity contribution in [3.8, 4) is 0 Å². The third-order valence-corrected chi connectivity index (χ3v) is 2.90. The van der Waals surface area contributed by atoms with Crippen LogP contribution in [0.3, 0.4) is 0 Å². The van der Waals surface area contributed by atoms with Gasteiger partial charge in [-0.3, -0.25) is 4.90 Å². The number of quaternary nitrogens is 1. The first kappa shape index (κ1) is 10.0. The van der Waals surface area contributed by atoms with Crippen molar-refractivity contribution in [3.05, 3.63) is 0 Å². The molecule has 0 aromatic carbocycles. The van der Waals surface area contributed by atoms with Gasteiger partial charge in [0.1, 0.15) is 6.67 Å². The van der Waals surface area contributed by atoms with E-state index in [-0.39, 0.29) is 0 Å². The Kier molecular flexibility index (Phi) is 2.79. The molecule has 0 amide bonds. The topological polar surface area (TPSA) is 3.24 Å². The predicted octanol–water partition coefficient (Wildman–Crippen LogP) is 1.38. The van der Waals surface area contributed by atoms with Gasteiger partial charge in [-0.05, 0) is 12.8 Å².